The number of fused-ring (bicyclic) bond motifs is 3. The van der Waals surface area contributed by atoms with Gasteiger partial charge in [-0.2, -0.15) is 0 Å². The van der Waals surface area contributed by atoms with E-state index in [1.54, 1.807) is 6.07 Å². The number of aromatic amines is 1. The topological polar surface area (TPSA) is 62.2 Å². The zero-order chi connectivity index (χ0) is 21.8. The van der Waals surface area contributed by atoms with Gasteiger partial charge in [0.15, 0.2) is 4.77 Å². The van der Waals surface area contributed by atoms with Crippen molar-refractivity contribution in [1.82, 2.24) is 14.9 Å². The summed E-state index contributed by atoms with van der Waals surface area (Å²) in [5.74, 6) is -0.451. The van der Waals surface area contributed by atoms with Gasteiger partial charge in [0.2, 0.25) is 5.91 Å². The Morgan fingerprint density at radius 1 is 1.32 bits per heavy atom. The number of carbonyl (C=O) groups is 1. The third-order valence-electron chi connectivity index (χ3n) is 6.49. The molecule has 0 radical (unpaired) electrons. The van der Waals surface area contributed by atoms with Crippen LogP contribution in [0.4, 0.5) is 4.39 Å². The number of carbonyl (C=O) groups excluding carboxylic acids is 1. The first-order valence-corrected chi connectivity index (χ1v) is 10.7. The average molecular weight is 455 g/mol. The van der Waals surface area contributed by atoms with Crippen molar-refractivity contribution in [3.63, 3.8) is 0 Å². The van der Waals surface area contributed by atoms with Crippen LogP contribution < -0.4 is 5.32 Å². The molecule has 5 rings (SSSR count). The first kappa shape index (κ1) is 20.2. The number of H-pyrrole nitrogens is 1. The van der Waals surface area contributed by atoms with E-state index in [2.05, 4.69) is 22.0 Å². The predicted molar refractivity (Wildman–Crippen MR) is 121 cm³/mol. The molecular weight excluding hydrogens is 435 g/mol. The number of aliphatic imine (C=N–C) groups is 1. The second-order valence-corrected chi connectivity index (χ2v) is 9.01. The minimum atomic E-state index is -0.721. The minimum absolute atomic E-state index is 0.129. The van der Waals surface area contributed by atoms with Gasteiger partial charge in [0.25, 0.3) is 0 Å². The third kappa shape index (κ3) is 2.98. The highest BCUT2D eigenvalue weighted by atomic mass is 35.5. The molecule has 1 fully saturated rings. The van der Waals surface area contributed by atoms with Gasteiger partial charge >= 0.3 is 0 Å². The van der Waals surface area contributed by atoms with Gasteiger partial charge in [-0.3, -0.25) is 9.79 Å². The smallest absolute Gasteiger partial charge is 0.226 e. The molecule has 0 saturated heterocycles. The number of hydrogen-bond donors (Lipinski definition) is 2. The maximum atomic E-state index is 14.8. The van der Waals surface area contributed by atoms with Crippen LogP contribution in [-0.4, -0.2) is 22.2 Å². The Morgan fingerprint density at radius 3 is 2.84 bits per heavy atom. The summed E-state index contributed by atoms with van der Waals surface area (Å²) >= 11 is 11.7. The van der Waals surface area contributed by atoms with Gasteiger partial charge in [-0.15, -0.1) is 0 Å². The number of rotatable bonds is 6. The lowest BCUT2D eigenvalue weighted by molar-refractivity contribution is -0.120. The molecule has 2 atom stereocenters. The number of halogens is 2. The zero-order valence-electron chi connectivity index (χ0n) is 16.6. The summed E-state index contributed by atoms with van der Waals surface area (Å²) < 4.78 is 17.2. The normalized spacial score (nSPS) is 23.2. The maximum Gasteiger partial charge on any atom is 0.226 e. The molecule has 5 nitrogen and oxygen atoms in total. The molecule has 1 aliphatic heterocycles. The number of nitrogens with one attached hydrogen (secondary N) is 2. The van der Waals surface area contributed by atoms with E-state index in [0.29, 0.717) is 40.6 Å². The largest absolute Gasteiger partial charge is 0.352 e. The summed E-state index contributed by atoms with van der Waals surface area (Å²) in [6.45, 7) is 4.73. The Bertz CT molecular complexity index is 1270. The Kier molecular flexibility index (Phi) is 4.64. The standard InChI is InChI=1S/C23H20ClFN4OS/c1-26-23-12-22(23,16-9-15(24)7-8-17(16)25)13-29-20(23)18(28-21(29)31)10-19(30)27-11-14-5-3-2-4-6-14/h2-9H,1,10-13H2,(H,27,30)(H,28,31)/t22?,23-/m1/s1. The number of nitrogens with zero attached hydrogens (tertiary/aromatic N) is 2. The number of imidazole rings is 1. The molecule has 0 spiro atoms. The summed E-state index contributed by atoms with van der Waals surface area (Å²) in [4.78, 5) is 20.3. The van der Waals surface area contributed by atoms with E-state index in [9.17, 15) is 9.18 Å². The molecule has 1 aromatic heterocycles. The van der Waals surface area contributed by atoms with Crippen LogP contribution in [0.5, 0.6) is 0 Å². The fourth-order valence-electron chi connectivity index (χ4n) is 5.00. The van der Waals surface area contributed by atoms with E-state index in [4.69, 9.17) is 23.8 Å². The Morgan fingerprint density at radius 2 is 2.10 bits per heavy atom. The molecule has 1 amide bonds. The first-order valence-electron chi connectivity index (χ1n) is 9.96. The number of aromatic nitrogens is 2. The van der Waals surface area contributed by atoms with Crippen molar-refractivity contribution in [2.75, 3.05) is 0 Å². The summed E-state index contributed by atoms with van der Waals surface area (Å²) in [5.41, 5.74) is 1.75. The summed E-state index contributed by atoms with van der Waals surface area (Å²) in [7, 11) is 0. The highest BCUT2D eigenvalue weighted by molar-refractivity contribution is 7.71. The van der Waals surface area contributed by atoms with Gasteiger partial charge in [0, 0.05) is 34.8 Å². The van der Waals surface area contributed by atoms with Gasteiger partial charge < -0.3 is 14.9 Å². The monoisotopic (exact) mass is 454 g/mol. The van der Waals surface area contributed by atoms with Gasteiger partial charge in [-0.1, -0.05) is 41.9 Å². The van der Waals surface area contributed by atoms with Crippen molar-refractivity contribution in [3.05, 3.63) is 86.7 Å². The average Bonchev–Trinajstić information content (AvgIpc) is 3.19. The van der Waals surface area contributed by atoms with Crippen LogP contribution in [0, 0.1) is 10.6 Å². The highest BCUT2D eigenvalue weighted by Gasteiger charge is 2.75. The lowest BCUT2D eigenvalue weighted by atomic mass is 9.90. The first-order chi connectivity index (χ1) is 14.9. The quantitative estimate of drug-likeness (QED) is 0.427. The van der Waals surface area contributed by atoms with Gasteiger partial charge in [0.1, 0.15) is 11.4 Å². The summed E-state index contributed by atoms with van der Waals surface area (Å²) in [5, 5.41) is 3.41. The minimum Gasteiger partial charge on any atom is -0.352 e. The van der Waals surface area contributed by atoms with Crippen molar-refractivity contribution in [1.29, 1.82) is 0 Å². The fraction of sp³-hybridized carbons (Fsp3) is 0.261. The van der Waals surface area contributed by atoms with Gasteiger partial charge in [0.05, 0.1) is 12.1 Å². The summed E-state index contributed by atoms with van der Waals surface area (Å²) in [6.07, 6.45) is 0.732. The molecule has 1 unspecified atom stereocenters. The van der Waals surface area contributed by atoms with Crippen LogP contribution in [0.3, 0.4) is 0 Å². The molecule has 1 saturated carbocycles. The predicted octanol–water partition coefficient (Wildman–Crippen LogP) is 4.45. The fourth-order valence-corrected chi connectivity index (χ4v) is 5.45. The maximum absolute atomic E-state index is 14.8. The molecule has 3 aromatic rings. The summed E-state index contributed by atoms with van der Waals surface area (Å²) in [6, 6.07) is 14.3. The van der Waals surface area contributed by atoms with Crippen molar-refractivity contribution in [3.8, 4) is 0 Å². The van der Waals surface area contributed by atoms with Crippen molar-refractivity contribution in [2.24, 2.45) is 4.99 Å². The lowest BCUT2D eigenvalue weighted by Crippen LogP contribution is -2.26. The molecule has 2 heterocycles. The van der Waals surface area contributed by atoms with Crippen LogP contribution in [0.2, 0.25) is 5.02 Å². The van der Waals surface area contributed by atoms with Crippen LogP contribution in [0.25, 0.3) is 0 Å². The van der Waals surface area contributed by atoms with Crippen molar-refractivity contribution >= 4 is 36.4 Å². The molecule has 2 aliphatic rings. The number of hydrogen-bond acceptors (Lipinski definition) is 3. The number of benzene rings is 2. The second-order valence-electron chi connectivity index (χ2n) is 8.18. The van der Waals surface area contributed by atoms with Crippen LogP contribution in [0.1, 0.15) is 28.9 Å². The second kappa shape index (κ2) is 7.14. The van der Waals surface area contributed by atoms with Gasteiger partial charge in [-0.05, 0) is 49.1 Å². The van der Waals surface area contributed by atoms with Crippen molar-refractivity contribution in [2.45, 2.75) is 36.9 Å². The van der Waals surface area contributed by atoms with E-state index < -0.39 is 11.0 Å². The molecule has 31 heavy (non-hydrogen) atoms. The highest BCUT2D eigenvalue weighted by Crippen LogP contribution is 2.71. The zero-order valence-corrected chi connectivity index (χ0v) is 18.2. The van der Waals surface area contributed by atoms with E-state index in [0.717, 1.165) is 11.3 Å². The van der Waals surface area contributed by atoms with Crippen LogP contribution >= 0.6 is 23.8 Å². The van der Waals surface area contributed by atoms with E-state index in [1.807, 2.05) is 34.9 Å². The molecule has 158 valence electrons. The Hall–Kier alpha value is -2.77. The van der Waals surface area contributed by atoms with Crippen LogP contribution in [-0.2, 0) is 35.3 Å². The number of amides is 1. The Labute approximate surface area is 189 Å². The van der Waals surface area contributed by atoms with Crippen LogP contribution in [0.15, 0.2) is 53.5 Å². The molecule has 2 aromatic carbocycles. The van der Waals surface area contributed by atoms with E-state index >= 15 is 0 Å². The molecule has 1 aliphatic carbocycles. The molecule has 2 N–H and O–H groups in total. The van der Waals surface area contributed by atoms with E-state index in [1.165, 1.54) is 12.1 Å². The van der Waals surface area contributed by atoms with Crippen molar-refractivity contribution < 1.29 is 9.18 Å². The third-order valence-corrected chi connectivity index (χ3v) is 7.04. The molecular formula is C23H20ClFN4OS. The lowest BCUT2D eigenvalue weighted by Gasteiger charge is -2.17. The Balaban J connectivity index is 1.45. The molecule has 0 bridgehead atoms. The SMILES string of the molecule is C=N[C@@]12CC1(c1cc(Cl)ccc1F)Cn1c2c(CC(=O)NCc2ccccc2)[nH]c1=S. The van der Waals surface area contributed by atoms with E-state index in [-0.39, 0.29) is 18.1 Å². The van der Waals surface area contributed by atoms with Gasteiger partial charge in [-0.25, -0.2) is 4.39 Å². The molecule has 8 heteroatoms.